The van der Waals surface area contributed by atoms with Crippen LogP contribution in [0.15, 0.2) is 23.4 Å². The van der Waals surface area contributed by atoms with Crippen LogP contribution in [-0.2, 0) is 11.2 Å². The number of benzene rings is 1. The van der Waals surface area contributed by atoms with E-state index in [1.54, 1.807) is 7.11 Å². The van der Waals surface area contributed by atoms with Gasteiger partial charge in [0.2, 0.25) is 0 Å². The fourth-order valence-corrected chi connectivity index (χ4v) is 5.22. The maximum Gasteiger partial charge on any atom is 0.161 e. The first-order chi connectivity index (χ1) is 11.8. The molecule has 1 aromatic carbocycles. The summed E-state index contributed by atoms with van der Waals surface area (Å²) in [7, 11) is 1.58. The molecule has 1 aromatic rings. The minimum Gasteiger partial charge on any atom is -0.504 e. The van der Waals surface area contributed by atoms with Gasteiger partial charge in [-0.25, -0.2) is 0 Å². The van der Waals surface area contributed by atoms with E-state index in [1.807, 2.05) is 12.1 Å². The van der Waals surface area contributed by atoms with Crippen molar-refractivity contribution in [3.8, 4) is 11.5 Å². The predicted octanol–water partition coefficient (Wildman–Crippen LogP) is 3.84. The van der Waals surface area contributed by atoms with Crippen LogP contribution in [0.5, 0.6) is 11.5 Å². The number of fused-ring (bicyclic) bond motifs is 2. The molecule has 25 heavy (non-hydrogen) atoms. The van der Waals surface area contributed by atoms with Gasteiger partial charge in [-0.2, -0.15) is 0 Å². The lowest BCUT2D eigenvalue weighted by Crippen LogP contribution is -2.34. The van der Waals surface area contributed by atoms with E-state index in [2.05, 4.69) is 32.6 Å². The second kappa shape index (κ2) is 5.26. The quantitative estimate of drug-likeness (QED) is 0.831. The van der Waals surface area contributed by atoms with Crippen molar-refractivity contribution in [1.29, 1.82) is 0 Å². The van der Waals surface area contributed by atoms with Crippen molar-refractivity contribution < 1.29 is 14.6 Å². The maximum absolute atomic E-state index is 12.5. The van der Waals surface area contributed by atoms with E-state index < -0.39 is 0 Å². The molecule has 4 nitrogen and oxygen atoms in total. The highest BCUT2D eigenvalue weighted by Crippen LogP contribution is 2.68. The topological polar surface area (TPSA) is 49.8 Å². The van der Waals surface area contributed by atoms with Crippen LogP contribution < -0.4 is 4.74 Å². The molecule has 3 aliphatic rings. The highest BCUT2D eigenvalue weighted by Gasteiger charge is 2.65. The number of hydrogen-bond donors (Lipinski definition) is 1. The first kappa shape index (κ1) is 16.5. The van der Waals surface area contributed by atoms with Gasteiger partial charge < -0.3 is 14.7 Å². The number of ether oxygens (including phenoxy) is 1. The van der Waals surface area contributed by atoms with E-state index in [0.29, 0.717) is 29.8 Å². The van der Waals surface area contributed by atoms with Gasteiger partial charge in [-0.15, -0.1) is 0 Å². The molecule has 2 fully saturated rings. The Hall–Kier alpha value is -1.97. The molecule has 0 unspecified atom stereocenters. The Morgan fingerprint density at radius 2 is 2.08 bits per heavy atom. The Kier molecular flexibility index (Phi) is 3.47. The fraction of sp³-hybridized carbons (Fsp3) is 0.571. The largest absolute Gasteiger partial charge is 0.504 e. The van der Waals surface area contributed by atoms with Crippen molar-refractivity contribution in [2.75, 3.05) is 13.7 Å². The van der Waals surface area contributed by atoms with Gasteiger partial charge >= 0.3 is 0 Å². The zero-order valence-corrected chi connectivity index (χ0v) is 15.7. The van der Waals surface area contributed by atoms with Crippen LogP contribution in [0, 0.1) is 17.3 Å². The number of allylic oxidation sites excluding steroid dienone is 2. The average Bonchev–Trinajstić information content (AvgIpc) is 2.91. The lowest BCUT2D eigenvalue weighted by atomic mass is 9.90. The van der Waals surface area contributed by atoms with Crippen molar-refractivity contribution in [1.82, 2.24) is 4.90 Å². The van der Waals surface area contributed by atoms with E-state index in [9.17, 15) is 9.90 Å². The number of phenolic OH excluding ortho intramolecular Hbond substituents is 1. The Morgan fingerprint density at radius 3 is 2.72 bits per heavy atom. The SMILES string of the molecule is COc1cc2c(cc1O)CCN(/C(C)=C1\C(=O)C[C@H]3[C@@H]1C3(C)C)[C@H]2C. The van der Waals surface area contributed by atoms with Gasteiger partial charge in [-0.3, -0.25) is 4.79 Å². The predicted molar refractivity (Wildman–Crippen MR) is 96.6 cm³/mol. The molecule has 134 valence electrons. The molecule has 0 radical (unpaired) electrons. The molecule has 1 aliphatic heterocycles. The van der Waals surface area contributed by atoms with E-state index >= 15 is 0 Å². The van der Waals surface area contributed by atoms with Crippen molar-refractivity contribution in [2.45, 2.75) is 46.6 Å². The van der Waals surface area contributed by atoms with Gasteiger partial charge in [0.15, 0.2) is 17.3 Å². The third kappa shape index (κ3) is 2.22. The number of methoxy groups -OCH3 is 1. The van der Waals surface area contributed by atoms with E-state index in [-0.39, 0.29) is 17.2 Å². The van der Waals surface area contributed by atoms with Crippen LogP contribution in [0.1, 0.15) is 51.3 Å². The molecule has 4 heteroatoms. The molecule has 0 amide bonds. The summed E-state index contributed by atoms with van der Waals surface area (Å²) in [6.07, 6.45) is 1.58. The molecular weight excluding hydrogens is 314 g/mol. The van der Waals surface area contributed by atoms with Crippen LogP contribution in [-0.4, -0.2) is 29.4 Å². The molecule has 0 spiro atoms. The minimum atomic E-state index is 0.166. The fourth-order valence-electron chi connectivity index (χ4n) is 5.22. The molecule has 2 aliphatic carbocycles. The number of ketones is 1. The summed E-state index contributed by atoms with van der Waals surface area (Å²) < 4.78 is 5.29. The highest BCUT2D eigenvalue weighted by atomic mass is 16.5. The Balaban J connectivity index is 1.71. The van der Waals surface area contributed by atoms with E-state index in [1.165, 1.54) is 11.1 Å². The molecule has 0 aromatic heterocycles. The van der Waals surface area contributed by atoms with Crippen LogP contribution in [0.3, 0.4) is 0 Å². The summed E-state index contributed by atoms with van der Waals surface area (Å²) in [6.45, 7) is 9.73. The Morgan fingerprint density at radius 1 is 1.36 bits per heavy atom. The lowest BCUT2D eigenvalue weighted by Gasteiger charge is -2.39. The van der Waals surface area contributed by atoms with Crippen LogP contribution in [0.4, 0.5) is 0 Å². The maximum atomic E-state index is 12.5. The molecule has 2 saturated carbocycles. The number of carbonyl (C=O) groups excluding carboxylic acids is 1. The number of carbonyl (C=O) groups is 1. The van der Waals surface area contributed by atoms with Crippen LogP contribution >= 0.6 is 0 Å². The Labute approximate surface area is 149 Å². The molecule has 3 atom stereocenters. The second-order valence-electron chi connectivity index (χ2n) is 8.37. The minimum absolute atomic E-state index is 0.166. The molecule has 4 rings (SSSR count). The smallest absolute Gasteiger partial charge is 0.161 e. The number of hydrogen-bond acceptors (Lipinski definition) is 4. The van der Waals surface area contributed by atoms with Crippen molar-refractivity contribution in [3.05, 3.63) is 34.5 Å². The van der Waals surface area contributed by atoms with Crippen LogP contribution in [0.25, 0.3) is 0 Å². The monoisotopic (exact) mass is 341 g/mol. The first-order valence-electron chi connectivity index (χ1n) is 9.17. The summed E-state index contributed by atoms with van der Waals surface area (Å²) in [6, 6.07) is 3.94. The average molecular weight is 341 g/mol. The molecular formula is C21H27NO3. The first-order valence-corrected chi connectivity index (χ1v) is 9.17. The number of Topliss-reactive ketones (excluding diaryl/α,β-unsaturated/α-hetero) is 1. The van der Waals surface area contributed by atoms with Gasteiger partial charge in [0.05, 0.1) is 13.2 Å². The third-order valence-electron chi connectivity index (χ3n) is 6.87. The summed E-state index contributed by atoms with van der Waals surface area (Å²) in [5.74, 6) is 2.02. The van der Waals surface area contributed by atoms with Crippen molar-refractivity contribution in [2.24, 2.45) is 17.3 Å². The lowest BCUT2D eigenvalue weighted by molar-refractivity contribution is -0.115. The van der Waals surface area contributed by atoms with E-state index in [4.69, 9.17) is 4.74 Å². The van der Waals surface area contributed by atoms with Gasteiger partial charge in [-0.05, 0) is 60.8 Å². The zero-order chi connectivity index (χ0) is 18.1. The molecule has 1 heterocycles. The number of aromatic hydroxyl groups is 1. The molecule has 1 N–H and O–H groups in total. The van der Waals surface area contributed by atoms with E-state index in [0.717, 1.165) is 24.2 Å². The summed E-state index contributed by atoms with van der Waals surface area (Å²) in [4.78, 5) is 14.9. The molecule has 0 bridgehead atoms. The Bertz CT molecular complexity index is 793. The summed E-state index contributed by atoms with van der Waals surface area (Å²) in [5, 5.41) is 10.0. The van der Waals surface area contributed by atoms with Gasteiger partial charge in [0, 0.05) is 24.2 Å². The summed E-state index contributed by atoms with van der Waals surface area (Å²) >= 11 is 0. The van der Waals surface area contributed by atoms with Gasteiger partial charge in [0.25, 0.3) is 0 Å². The number of nitrogens with zero attached hydrogens (tertiary/aromatic N) is 1. The number of rotatable bonds is 2. The second-order valence-corrected chi connectivity index (χ2v) is 8.37. The van der Waals surface area contributed by atoms with Gasteiger partial charge in [0.1, 0.15) is 0 Å². The normalized spacial score (nSPS) is 31.5. The van der Waals surface area contributed by atoms with Crippen molar-refractivity contribution >= 4 is 5.78 Å². The summed E-state index contributed by atoms with van der Waals surface area (Å²) in [5.41, 5.74) is 4.83. The van der Waals surface area contributed by atoms with Gasteiger partial charge in [-0.1, -0.05) is 13.8 Å². The standard InChI is InChI=1S/C21H27NO3/c1-11-14-9-18(25-5)16(23)8-13(14)6-7-22(11)12(2)19-17(24)10-15-20(19)21(15,3)4/h8-9,11,15,20,23H,6-7,10H2,1-5H3/b19-12+/t11-,15-,20-/m0/s1. The van der Waals surface area contributed by atoms with Crippen molar-refractivity contribution in [3.63, 3.8) is 0 Å². The zero-order valence-electron chi connectivity index (χ0n) is 15.7. The third-order valence-corrected chi connectivity index (χ3v) is 6.87. The molecule has 0 saturated heterocycles. The number of phenols is 1. The van der Waals surface area contributed by atoms with Crippen LogP contribution in [0.2, 0.25) is 0 Å². The highest BCUT2D eigenvalue weighted by molar-refractivity contribution is 6.01.